The minimum atomic E-state index is -2.51. The molecule has 0 fully saturated rings. The number of rotatable bonds is 2. The standard InChI is InChI=1S/C27H25N2/c1-18-10-5-8-15-23(18)27-28(4)24-16-21-13-6-7-14-22(21)17-25(24)29(27)26-19(2)11-9-12-20(26)3/h5-17H,1-4H3/q+1/i2D3,3D3. The fourth-order valence-corrected chi connectivity index (χ4v) is 4.18. The van der Waals surface area contributed by atoms with Crippen LogP contribution in [0, 0.1) is 20.6 Å². The predicted molar refractivity (Wildman–Crippen MR) is 122 cm³/mol. The van der Waals surface area contributed by atoms with Crippen molar-refractivity contribution in [3.63, 3.8) is 0 Å². The summed E-state index contributed by atoms with van der Waals surface area (Å²) in [4.78, 5) is 0. The molecule has 1 heterocycles. The normalized spacial score (nSPS) is 15.4. The second-order valence-electron chi connectivity index (χ2n) is 7.42. The smallest absolute Gasteiger partial charge is 0.225 e. The molecule has 2 heteroatoms. The lowest BCUT2D eigenvalue weighted by Crippen LogP contribution is -2.30. The van der Waals surface area contributed by atoms with E-state index in [-0.39, 0.29) is 16.8 Å². The van der Waals surface area contributed by atoms with Gasteiger partial charge < -0.3 is 0 Å². The maximum Gasteiger partial charge on any atom is 0.295 e. The minimum absolute atomic E-state index is 0.00613. The number of para-hydroxylation sites is 1. The summed E-state index contributed by atoms with van der Waals surface area (Å²) < 4.78 is 53.4. The lowest BCUT2D eigenvalue weighted by molar-refractivity contribution is -0.633. The van der Waals surface area contributed by atoms with E-state index in [1.165, 1.54) is 18.2 Å². The van der Waals surface area contributed by atoms with Crippen LogP contribution in [-0.4, -0.2) is 4.57 Å². The van der Waals surface area contributed by atoms with Gasteiger partial charge >= 0.3 is 0 Å². The second kappa shape index (κ2) is 6.59. The van der Waals surface area contributed by atoms with Crippen molar-refractivity contribution in [3.8, 4) is 17.1 Å². The molecule has 29 heavy (non-hydrogen) atoms. The van der Waals surface area contributed by atoms with E-state index in [4.69, 9.17) is 8.22 Å². The molecular formula is C27H25N2+. The number of hydrogen-bond donors (Lipinski definition) is 0. The molecule has 2 nitrogen and oxygen atoms in total. The number of benzene rings is 4. The zero-order valence-corrected chi connectivity index (χ0v) is 16.4. The van der Waals surface area contributed by atoms with Crippen LogP contribution < -0.4 is 4.57 Å². The van der Waals surface area contributed by atoms with Crippen LogP contribution in [-0.2, 0) is 7.05 Å². The molecule has 0 saturated carbocycles. The molecular weight excluding hydrogens is 352 g/mol. The van der Waals surface area contributed by atoms with Gasteiger partial charge in [0.1, 0.15) is 5.69 Å². The van der Waals surface area contributed by atoms with Gasteiger partial charge in [-0.15, -0.1) is 0 Å². The zero-order valence-electron chi connectivity index (χ0n) is 22.4. The van der Waals surface area contributed by atoms with Gasteiger partial charge in [-0.05, 0) is 66.3 Å². The summed E-state index contributed by atoms with van der Waals surface area (Å²) in [6.07, 6.45) is 0. The van der Waals surface area contributed by atoms with Gasteiger partial charge in [-0.3, -0.25) is 0 Å². The fraction of sp³-hybridized carbons (Fsp3) is 0.148. The second-order valence-corrected chi connectivity index (χ2v) is 7.42. The summed E-state index contributed by atoms with van der Waals surface area (Å²) in [7, 11) is 1.93. The van der Waals surface area contributed by atoms with Crippen LogP contribution in [0.4, 0.5) is 0 Å². The Morgan fingerprint density at radius 2 is 1.38 bits per heavy atom. The third kappa shape index (κ3) is 2.67. The zero-order chi connectivity index (χ0) is 25.1. The van der Waals surface area contributed by atoms with E-state index in [1.807, 2.05) is 77.7 Å². The van der Waals surface area contributed by atoms with Gasteiger partial charge in [-0.1, -0.05) is 60.7 Å². The van der Waals surface area contributed by atoms with Gasteiger partial charge in [-0.2, -0.15) is 4.57 Å². The maximum absolute atomic E-state index is 8.26. The molecule has 0 spiro atoms. The highest BCUT2D eigenvalue weighted by Gasteiger charge is 2.29. The van der Waals surface area contributed by atoms with E-state index in [0.717, 1.165) is 38.8 Å². The Morgan fingerprint density at radius 1 is 0.759 bits per heavy atom. The van der Waals surface area contributed by atoms with Crippen molar-refractivity contribution in [1.29, 1.82) is 0 Å². The third-order valence-electron chi connectivity index (χ3n) is 5.62. The molecule has 0 aliphatic rings. The van der Waals surface area contributed by atoms with Crippen molar-refractivity contribution >= 4 is 21.8 Å². The van der Waals surface area contributed by atoms with Crippen LogP contribution in [0.3, 0.4) is 0 Å². The van der Waals surface area contributed by atoms with Crippen LogP contribution in [0.1, 0.15) is 24.9 Å². The number of nitrogens with zero attached hydrogens (tertiary/aromatic N) is 2. The molecule has 0 aliphatic heterocycles. The van der Waals surface area contributed by atoms with E-state index in [1.54, 1.807) is 0 Å². The molecule has 0 bridgehead atoms. The predicted octanol–water partition coefficient (Wildman–Crippen LogP) is 6.20. The van der Waals surface area contributed by atoms with Gasteiger partial charge in [0.05, 0.1) is 12.6 Å². The summed E-state index contributed by atoms with van der Waals surface area (Å²) in [5.41, 5.74) is 3.71. The molecule has 0 saturated heterocycles. The average Bonchev–Trinajstić information content (AvgIpc) is 3.07. The highest BCUT2D eigenvalue weighted by molar-refractivity contribution is 5.96. The van der Waals surface area contributed by atoms with E-state index in [9.17, 15) is 0 Å². The van der Waals surface area contributed by atoms with Crippen LogP contribution in [0.25, 0.3) is 38.9 Å². The van der Waals surface area contributed by atoms with Gasteiger partial charge in [-0.25, -0.2) is 4.57 Å². The Hall–Kier alpha value is -3.39. The molecule has 0 N–H and O–H groups in total. The van der Waals surface area contributed by atoms with Gasteiger partial charge in [0.15, 0.2) is 11.0 Å². The summed E-state index contributed by atoms with van der Waals surface area (Å²) in [6.45, 7) is -3.02. The number of hydrogen-bond acceptors (Lipinski definition) is 0. The molecule has 5 rings (SSSR count). The summed E-state index contributed by atoms with van der Waals surface area (Å²) in [6, 6.07) is 24.4. The molecule has 5 aromatic rings. The minimum Gasteiger partial charge on any atom is -0.225 e. The highest BCUT2D eigenvalue weighted by atomic mass is 15.2. The van der Waals surface area contributed by atoms with Crippen LogP contribution in [0.2, 0.25) is 0 Å². The molecule has 0 radical (unpaired) electrons. The SMILES string of the molecule is [2H]C([2H])([2H])c1cccc(C([2H])([2H])[2H])c1-n1c(-c2ccccc2C)[n+](C)c2cc3ccccc3cc21. The lowest BCUT2D eigenvalue weighted by atomic mass is 10.1. The van der Waals surface area contributed by atoms with E-state index in [2.05, 4.69) is 6.07 Å². The van der Waals surface area contributed by atoms with Gasteiger partial charge in [0.2, 0.25) is 0 Å². The van der Waals surface area contributed by atoms with Gasteiger partial charge in [0, 0.05) is 8.22 Å². The molecule has 0 unspecified atom stereocenters. The Labute approximate surface area is 180 Å². The first-order chi connectivity index (χ1) is 16.5. The summed E-state index contributed by atoms with van der Waals surface area (Å²) >= 11 is 0. The van der Waals surface area contributed by atoms with Crippen LogP contribution >= 0.6 is 0 Å². The Morgan fingerprint density at radius 3 is 2.07 bits per heavy atom. The van der Waals surface area contributed by atoms with Crippen LogP contribution in [0.15, 0.2) is 78.9 Å². The summed E-state index contributed by atoms with van der Waals surface area (Å²) in [5, 5.41) is 2.03. The quantitative estimate of drug-likeness (QED) is 0.321. The van der Waals surface area contributed by atoms with E-state index < -0.39 is 13.7 Å². The average molecular weight is 384 g/mol. The lowest BCUT2D eigenvalue weighted by Gasteiger charge is -2.10. The first kappa shape index (κ1) is 12.2. The van der Waals surface area contributed by atoms with Crippen molar-refractivity contribution in [2.45, 2.75) is 20.6 Å². The molecule has 0 aliphatic carbocycles. The molecule has 0 amide bonds. The van der Waals surface area contributed by atoms with Crippen molar-refractivity contribution in [2.75, 3.05) is 0 Å². The van der Waals surface area contributed by atoms with Gasteiger partial charge in [0.25, 0.3) is 5.82 Å². The molecule has 0 atom stereocenters. The van der Waals surface area contributed by atoms with Crippen molar-refractivity contribution < 1.29 is 12.8 Å². The topological polar surface area (TPSA) is 8.81 Å². The Balaban J connectivity index is 2.06. The fourth-order valence-electron chi connectivity index (χ4n) is 4.18. The van der Waals surface area contributed by atoms with Crippen molar-refractivity contribution in [2.24, 2.45) is 7.05 Å². The highest BCUT2D eigenvalue weighted by Crippen LogP contribution is 2.33. The molecule has 142 valence electrons. The largest absolute Gasteiger partial charge is 0.295 e. The monoisotopic (exact) mass is 383 g/mol. The summed E-state index contributed by atoms with van der Waals surface area (Å²) in [5.74, 6) is 0.718. The number of aromatic nitrogens is 2. The van der Waals surface area contributed by atoms with E-state index in [0.29, 0.717) is 0 Å². The first-order valence-electron chi connectivity index (χ1n) is 12.6. The van der Waals surface area contributed by atoms with Crippen LogP contribution in [0.5, 0.6) is 0 Å². The third-order valence-corrected chi connectivity index (χ3v) is 5.62. The Bertz CT molecular complexity index is 1560. The van der Waals surface area contributed by atoms with E-state index >= 15 is 0 Å². The molecule has 1 aromatic heterocycles. The van der Waals surface area contributed by atoms with Crippen molar-refractivity contribution in [3.05, 3.63) is 95.6 Å². The first-order valence-corrected chi connectivity index (χ1v) is 9.62. The molecule has 4 aromatic carbocycles. The number of imidazole rings is 1. The maximum atomic E-state index is 8.26. The Kier molecular flexibility index (Phi) is 2.78. The van der Waals surface area contributed by atoms with Crippen molar-refractivity contribution in [1.82, 2.24) is 4.57 Å². The number of fused-ring (bicyclic) bond motifs is 2. The number of aryl methyl sites for hydroxylation is 4.